The van der Waals surface area contributed by atoms with Crippen molar-refractivity contribution in [1.29, 1.82) is 0 Å². The summed E-state index contributed by atoms with van der Waals surface area (Å²) in [5.41, 5.74) is 1.59. The zero-order valence-corrected chi connectivity index (χ0v) is 14.9. The number of nitrogens with zero attached hydrogens (tertiary/aromatic N) is 4. The van der Waals surface area contributed by atoms with Crippen LogP contribution in [0.3, 0.4) is 0 Å². The topological polar surface area (TPSA) is 65.8 Å². The van der Waals surface area contributed by atoms with Crippen molar-refractivity contribution >= 4 is 17.5 Å². The third-order valence-electron chi connectivity index (χ3n) is 3.95. The first kappa shape index (κ1) is 16.4. The van der Waals surface area contributed by atoms with E-state index in [1.165, 1.54) is 11.8 Å². The minimum Gasteiger partial charge on any atom is -0.461 e. The third-order valence-corrected chi connectivity index (χ3v) is 4.88. The van der Waals surface area contributed by atoms with Crippen molar-refractivity contribution in [2.45, 2.75) is 5.16 Å². The van der Waals surface area contributed by atoms with Crippen LogP contribution in [-0.2, 0) is 7.05 Å². The molecule has 0 spiro atoms. The predicted molar refractivity (Wildman–Crippen MR) is 99.5 cm³/mol. The van der Waals surface area contributed by atoms with Crippen molar-refractivity contribution in [3.05, 3.63) is 72.8 Å². The van der Waals surface area contributed by atoms with Gasteiger partial charge in [-0.3, -0.25) is 9.36 Å². The number of Topliss-reactive ketones (excluding diaryl/α,β-unsaturated/α-hetero) is 1. The number of carbonyl (C=O) groups is 1. The SMILES string of the molecule is Cn1cccc1C(=O)CSc1nnc(-c2ccco2)n1-c1ccccc1. The number of rotatable bonds is 6. The van der Waals surface area contributed by atoms with Crippen LogP contribution in [0.25, 0.3) is 17.3 Å². The molecule has 0 saturated carbocycles. The van der Waals surface area contributed by atoms with Crippen molar-refractivity contribution in [2.75, 3.05) is 5.75 Å². The van der Waals surface area contributed by atoms with Crippen LogP contribution >= 0.6 is 11.8 Å². The van der Waals surface area contributed by atoms with Crippen molar-refractivity contribution in [1.82, 2.24) is 19.3 Å². The molecule has 0 fully saturated rings. The summed E-state index contributed by atoms with van der Waals surface area (Å²) in [6.07, 6.45) is 3.46. The maximum absolute atomic E-state index is 12.5. The lowest BCUT2D eigenvalue weighted by molar-refractivity contribution is 0.101. The molecule has 130 valence electrons. The van der Waals surface area contributed by atoms with Crippen molar-refractivity contribution in [3.8, 4) is 17.3 Å². The summed E-state index contributed by atoms with van der Waals surface area (Å²) in [5.74, 6) is 1.56. The smallest absolute Gasteiger partial charge is 0.205 e. The van der Waals surface area contributed by atoms with Crippen molar-refractivity contribution < 1.29 is 9.21 Å². The van der Waals surface area contributed by atoms with Gasteiger partial charge in [-0.25, -0.2) is 0 Å². The molecule has 3 aromatic heterocycles. The lowest BCUT2D eigenvalue weighted by Crippen LogP contribution is -2.08. The Balaban J connectivity index is 1.66. The number of ketones is 1. The van der Waals surface area contributed by atoms with Crippen molar-refractivity contribution in [2.24, 2.45) is 7.05 Å². The first-order valence-electron chi connectivity index (χ1n) is 8.06. The van der Waals surface area contributed by atoms with Crippen LogP contribution in [0.5, 0.6) is 0 Å². The fourth-order valence-electron chi connectivity index (χ4n) is 2.69. The second-order valence-corrected chi connectivity index (χ2v) is 6.61. The van der Waals surface area contributed by atoms with E-state index in [0.29, 0.717) is 22.4 Å². The number of carbonyl (C=O) groups excluding carboxylic acids is 1. The number of aromatic nitrogens is 4. The summed E-state index contributed by atoms with van der Waals surface area (Å²) in [5, 5.41) is 9.20. The monoisotopic (exact) mass is 364 g/mol. The summed E-state index contributed by atoms with van der Waals surface area (Å²) >= 11 is 1.36. The average molecular weight is 364 g/mol. The maximum Gasteiger partial charge on any atom is 0.205 e. The molecule has 1 aromatic carbocycles. The van der Waals surface area contributed by atoms with Gasteiger partial charge in [0.05, 0.1) is 17.7 Å². The van der Waals surface area contributed by atoms with E-state index in [2.05, 4.69) is 10.2 Å². The van der Waals surface area contributed by atoms with E-state index >= 15 is 0 Å². The summed E-state index contributed by atoms with van der Waals surface area (Å²) in [6, 6.07) is 17.1. The van der Waals surface area contributed by atoms with Gasteiger partial charge in [-0.1, -0.05) is 30.0 Å². The molecule has 0 saturated heterocycles. The Labute approximate surface area is 154 Å². The highest BCUT2D eigenvalue weighted by Gasteiger charge is 2.19. The number of para-hydroxylation sites is 1. The molecule has 0 atom stereocenters. The molecule has 0 unspecified atom stereocenters. The molecule has 0 aliphatic carbocycles. The van der Waals surface area contributed by atoms with Crippen LogP contribution in [-0.4, -0.2) is 30.9 Å². The molecule has 7 heteroatoms. The number of aryl methyl sites for hydroxylation is 1. The quantitative estimate of drug-likeness (QED) is 0.384. The highest BCUT2D eigenvalue weighted by Crippen LogP contribution is 2.28. The molecular formula is C19H16N4O2S. The standard InChI is InChI=1S/C19H16N4O2S/c1-22-11-5-9-15(22)16(24)13-26-19-21-20-18(17-10-6-12-25-17)23(19)14-7-3-2-4-8-14/h2-12H,13H2,1H3. The van der Waals surface area contributed by atoms with E-state index < -0.39 is 0 Å². The molecule has 26 heavy (non-hydrogen) atoms. The Hall–Kier alpha value is -3.06. The van der Waals surface area contributed by atoms with Crippen LogP contribution in [0.2, 0.25) is 0 Å². The van der Waals surface area contributed by atoms with Gasteiger partial charge in [-0.2, -0.15) is 0 Å². The molecule has 4 rings (SSSR count). The molecular weight excluding hydrogens is 348 g/mol. The average Bonchev–Trinajstić information content (AvgIpc) is 3.40. The highest BCUT2D eigenvalue weighted by atomic mass is 32.2. The summed E-state index contributed by atoms with van der Waals surface area (Å²) in [4.78, 5) is 12.5. The summed E-state index contributed by atoms with van der Waals surface area (Å²) in [7, 11) is 1.86. The van der Waals surface area contributed by atoms with Crippen LogP contribution in [0.4, 0.5) is 0 Å². The van der Waals surface area contributed by atoms with E-state index in [1.54, 1.807) is 6.26 Å². The van der Waals surface area contributed by atoms with Gasteiger partial charge in [0.25, 0.3) is 0 Å². The number of thioether (sulfide) groups is 1. The third kappa shape index (κ3) is 3.09. The molecule has 0 bridgehead atoms. The zero-order chi connectivity index (χ0) is 17.9. The Morgan fingerprint density at radius 1 is 1.08 bits per heavy atom. The minimum absolute atomic E-state index is 0.0460. The van der Waals surface area contributed by atoms with Gasteiger partial charge in [0.1, 0.15) is 0 Å². The Morgan fingerprint density at radius 3 is 2.62 bits per heavy atom. The molecule has 6 nitrogen and oxygen atoms in total. The van der Waals surface area contributed by atoms with Gasteiger partial charge >= 0.3 is 0 Å². The normalized spacial score (nSPS) is 11.0. The second kappa shape index (κ2) is 7.05. The van der Waals surface area contributed by atoms with E-state index in [0.717, 1.165) is 5.69 Å². The first-order chi connectivity index (χ1) is 12.7. The van der Waals surface area contributed by atoms with Gasteiger partial charge in [-0.15, -0.1) is 10.2 Å². The van der Waals surface area contributed by atoms with Gasteiger partial charge in [-0.05, 0) is 36.4 Å². The second-order valence-electron chi connectivity index (χ2n) is 5.67. The lowest BCUT2D eigenvalue weighted by Gasteiger charge is -2.09. The maximum atomic E-state index is 12.5. The van der Waals surface area contributed by atoms with Crippen LogP contribution in [0, 0.1) is 0 Å². The van der Waals surface area contributed by atoms with Crippen LogP contribution in [0.15, 0.2) is 76.6 Å². The van der Waals surface area contributed by atoms with Gasteiger partial charge < -0.3 is 8.98 Å². The van der Waals surface area contributed by atoms with Gasteiger partial charge in [0.15, 0.2) is 16.7 Å². The Kier molecular flexibility index (Phi) is 4.45. The van der Waals surface area contributed by atoms with Crippen LogP contribution in [0.1, 0.15) is 10.5 Å². The molecule has 3 heterocycles. The number of furan rings is 1. The van der Waals surface area contributed by atoms with Gasteiger partial charge in [0.2, 0.25) is 5.82 Å². The summed E-state index contributed by atoms with van der Waals surface area (Å²) in [6.45, 7) is 0. The number of hydrogen-bond acceptors (Lipinski definition) is 5. The minimum atomic E-state index is 0.0460. The molecule has 0 aliphatic rings. The number of hydrogen-bond donors (Lipinski definition) is 0. The van der Waals surface area contributed by atoms with E-state index in [1.807, 2.05) is 77.0 Å². The molecule has 0 amide bonds. The fourth-order valence-corrected chi connectivity index (χ4v) is 3.52. The van der Waals surface area contributed by atoms with E-state index in [4.69, 9.17) is 4.42 Å². The molecule has 4 aromatic rings. The Morgan fingerprint density at radius 2 is 1.92 bits per heavy atom. The Bertz CT molecular complexity index is 1020. The first-order valence-corrected chi connectivity index (χ1v) is 9.04. The largest absolute Gasteiger partial charge is 0.461 e. The van der Waals surface area contributed by atoms with Crippen molar-refractivity contribution in [3.63, 3.8) is 0 Å². The predicted octanol–water partition coefficient (Wildman–Crippen LogP) is 3.84. The fraction of sp³-hybridized carbons (Fsp3) is 0.105. The molecule has 0 aliphatic heterocycles. The summed E-state index contributed by atoms with van der Waals surface area (Å²) < 4.78 is 9.22. The van der Waals surface area contributed by atoms with Gasteiger partial charge in [0, 0.05) is 18.9 Å². The highest BCUT2D eigenvalue weighted by molar-refractivity contribution is 7.99. The molecule has 0 N–H and O–H groups in total. The van der Waals surface area contributed by atoms with Crippen LogP contribution < -0.4 is 0 Å². The van der Waals surface area contributed by atoms with E-state index in [-0.39, 0.29) is 11.5 Å². The van der Waals surface area contributed by atoms with E-state index in [9.17, 15) is 4.79 Å². The zero-order valence-electron chi connectivity index (χ0n) is 14.1. The number of benzene rings is 1. The molecule has 0 radical (unpaired) electrons. The lowest BCUT2D eigenvalue weighted by atomic mass is 10.3.